The first-order valence-corrected chi connectivity index (χ1v) is 16.3. The highest BCUT2D eigenvalue weighted by atomic mass is 35.5. The van der Waals surface area contributed by atoms with E-state index in [1.54, 1.807) is 0 Å². The maximum absolute atomic E-state index is 6.89. The predicted octanol–water partition coefficient (Wildman–Crippen LogP) is 10.9. The van der Waals surface area contributed by atoms with Crippen LogP contribution in [0, 0.1) is 0 Å². The van der Waals surface area contributed by atoms with Crippen LogP contribution in [-0.2, 0) is 6.54 Å². The highest BCUT2D eigenvalue weighted by Gasteiger charge is 2.11. The van der Waals surface area contributed by atoms with Crippen LogP contribution in [-0.4, -0.2) is 13.1 Å². The summed E-state index contributed by atoms with van der Waals surface area (Å²) in [5.41, 5.74) is 3.57. The Hall–Kier alpha value is -1.80. The fraction of sp³-hybridized carbons (Fsp3) is 0.629. The molecule has 0 amide bonds. The van der Waals surface area contributed by atoms with Crippen LogP contribution in [0.25, 0.3) is 12.2 Å². The van der Waals surface area contributed by atoms with E-state index in [0.717, 1.165) is 30.2 Å². The number of unbranched alkanes of at least 4 members (excludes halogenated alkanes) is 14. The molecule has 0 bridgehead atoms. The molecule has 0 unspecified atom stereocenters. The number of nitrogens with zero attached hydrogens (tertiary/aromatic N) is 2. The van der Waals surface area contributed by atoms with Crippen LogP contribution in [0.4, 0.5) is 5.69 Å². The van der Waals surface area contributed by atoms with Gasteiger partial charge in [-0.05, 0) is 43.0 Å². The molecule has 0 N–H and O–H groups in total. The Morgan fingerprint density at radius 2 is 1.08 bits per heavy atom. The first kappa shape index (κ1) is 32.4. The summed E-state index contributed by atoms with van der Waals surface area (Å²) >= 11 is 6.89. The molecule has 0 radical (unpaired) electrons. The molecule has 2 aromatic rings. The maximum Gasteiger partial charge on any atom is 0.169 e. The van der Waals surface area contributed by atoms with Gasteiger partial charge < -0.3 is 4.90 Å². The number of aromatic nitrogens is 1. The van der Waals surface area contributed by atoms with E-state index < -0.39 is 0 Å². The number of benzene rings is 1. The molecule has 212 valence electrons. The van der Waals surface area contributed by atoms with Gasteiger partial charge in [0.15, 0.2) is 12.4 Å². The average Bonchev–Trinajstić information content (AvgIpc) is 2.94. The van der Waals surface area contributed by atoms with Gasteiger partial charge in [-0.15, -0.1) is 0 Å². The predicted molar refractivity (Wildman–Crippen MR) is 170 cm³/mol. The largest absolute Gasteiger partial charge is 0.370 e. The summed E-state index contributed by atoms with van der Waals surface area (Å²) in [4.78, 5) is 2.56. The summed E-state index contributed by atoms with van der Waals surface area (Å²) < 4.78 is 2.18. The molecule has 3 heteroatoms. The SMILES string of the molecule is CCCCCCCCCCN(CCCCCCCCCC)c1ccc(/C=C/c2cc[n+](CC)cc2)cc1Cl. The van der Waals surface area contributed by atoms with Crippen molar-refractivity contribution in [2.24, 2.45) is 0 Å². The number of aryl methyl sites for hydroxylation is 1. The third kappa shape index (κ3) is 13.8. The van der Waals surface area contributed by atoms with Crippen molar-refractivity contribution in [3.05, 3.63) is 58.9 Å². The second-order valence-electron chi connectivity index (χ2n) is 10.9. The van der Waals surface area contributed by atoms with E-state index in [0.29, 0.717) is 0 Å². The molecule has 0 fully saturated rings. The summed E-state index contributed by atoms with van der Waals surface area (Å²) in [6, 6.07) is 10.9. The van der Waals surface area contributed by atoms with Crippen molar-refractivity contribution in [1.82, 2.24) is 0 Å². The van der Waals surface area contributed by atoms with Gasteiger partial charge in [-0.1, -0.05) is 134 Å². The molecule has 2 rings (SSSR count). The average molecular weight is 540 g/mol. The summed E-state index contributed by atoms with van der Waals surface area (Å²) in [5.74, 6) is 0. The second-order valence-corrected chi connectivity index (χ2v) is 11.4. The third-order valence-electron chi connectivity index (χ3n) is 7.63. The number of rotatable bonds is 22. The van der Waals surface area contributed by atoms with Crippen molar-refractivity contribution in [3.8, 4) is 0 Å². The Kier molecular flexibility index (Phi) is 18.0. The van der Waals surface area contributed by atoms with E-state index in [-0.39, 0.29) is 0 Å². The first-order valence-electron chi connectivity index (χ1n) is 15.9. The zero-order valence-corrected chi connectivity index (χ0v) is 25.7. The van der Waals surface area contributed by atoms with Crippen LogP contribution in [0.1, 0.15) is 135 Å². The molecule has 0 aliphatic rings. The van der Waals surface area contributed by atoms with Crippen molar-refractivity contribution < 1.29 is 4.57 Å². The number of hydrogen-bond acceptors (Lipinski definition) is 1. The number of anilines is 1. The van der Waals surface area contributed by atoms with Crippen LogP contribution in [0.15, 0.2) is 42.7 Å². The van der Waals surface area contributed by atoms with Gasteiger partial charge in [0.1, 0.15) is 6.54 Å². The zero-order chi connectivity index (χ0) is 27.3. The maximum atomic E-state index is 6.89. The monoisotopic (exact) mass is 539 g/mol. The lowest BCUT2D eigenvalue weighted by Gasteiger charge is -2.26. The van der Waals surface area contributed by atoms with Crippen molar-refractivity contribution in [2.75, 3.05) is 18.0 Å². The van der Waals surface area contributed by atoms with Crippen molar-refractivity contribution in [2.45, 2.75) is 130 Å². The fourth-order valence-electron chi connectivity index (χ4n) is 5.09. The van der Waals surface area contributed by atoms with Crippen LogP contribution in [0.3, 0.4) is 0 Å². The van der Waals surface area contributed by atoms with Gasteiger partial charge in [-0.3, -0.25) is 0 Å². The summed E-state index contributed by atoms with van der Waals surface area (Å²) in [6.45, 7) is 9.96. The lowest BCUT2D eigenvalue weighted by molar-refractivity contribution is -0.693. The lowest BCUT2D eigenvalue weighted by Crippen LogP contribution is -2.30. The van der Waals surface area contributed by atoms with Gasteiger partial charge in [0, 0.05) is 25.2 Å². The molecular weight excluding hydrogens is 484 g/mol. The summed E-state index contributed by atoms with van der Waals surface area (Å²) in [6.07, 6.45) is 30.3. The Labute approximate surface area is 240 Å². The molecule has 1 aromatic carbocycles. The lowest BCUT2D eigenvalue weighted by atomic mass is 10.1. The van der Waals surface area contributed by atoms with Gasteiger partial charge >= 0.3 is 0 Å². The highest BCUT2D eigenvalue weighted by molar-refractivity contribution is 6.33. The Morgan fingerprint density at radius 3 is 1.55 bits per heavy atom. The van der Waals surface area contributed by atoms with E-state index in [1.165, 1.54) is 114 Å². The molecule has 2 nitrogen and oxygen atoms in total. The number of halogens is 1. The van der Waals surface area contributed by atoms with Crippen LogP contribution < -0.4 is 9.47 Å². The number of pyridine rings is 1. The van der Waals surface area contributed by atoms with E-state index in [9.17, 15) is 0 Å². The molecule has 0 spiro atoms. The van der Waals surface area contributed by atoms with Gasteiger partial charge in [0.05, 0.1) is 10.7 Å². The van der Waals surface area contributed by atoms with Gasteiger partial charge in [0.2, 0.25) is 0 Å². The second kappa shape index (κ2) is 21.1. The topological polar surface area (TPSA) is 7.12 Å². The Bertz CT molecular complexity index is 854. The molecule has 0 saturated carbocycles. The quantitative estimate of drug-likeness (QED) is 0.106. The van der Waals surface area contributed by atoms with Crippen LogP contribution >= 0.6 is 11.6 Å². The van der Waals surface area contributed by atoms with Crippen molar-refractivity contribution >= 4 is 29.4 Å². The molecule has 1 heterocycles. The molecule has 1 aromatic heterocycles. The Morgan fingerprint density at radius 1 is 0.605 bits per heavy atom. The normalized spacial score (nSPS) is 11.5. The minimum Gasteiger partial charge on any atom is -0.370 e. The van der Waals surface area contributed by atoms with E-state index in [1.807, 2.05) is 0 Å². The first-order chi connectivity index (χ1) is 18.7. The highest BCUT2D eigenvalue weighted by Crippen LogP contribution is 2.29. The van der Waals surface area contributed by atoms with Gasteiger partial charge in [-0.25, -0.2) is 4.57 Å². The van der Waals surface area contributed by atoms with Gasteiger partial charge in [-0.2, -0.15) is 0 Å². The number of hydrogen-bond donors (Lipinski definition) is 0. The minimum absolute atomic E-state index is 0.878. The van der Waals surface area contributed by atoms with Crippen molar-refractivity contribution in [3.63, 3.8) is 0 Å². The molecule has 0 aliphatic carbocycles. The van der Waals surface area contributed by atoms with Gasteiger partial charge in [0.25, 0.3) is 0 Å². The summed E-state index contributed by atoms with van der Waals surface area (Å²) in [7, 11) is 0. The molecule has 0 atom stereocenters. The van der Waals surface area contributed by atoms with E-state index in [2.05, 4.69) is 85.1 Å². The third-order valence-corrected chi connectivity index (χ3v) is 7.93. The molecule has 0 aliphatic heterocycles. The smallest absolute Gasteiger partial charge is 0.169 e. The zero-order valence-electron chi connectivity index (χ0n) is 24.9. The van der Waals surface area contributed by atoms with Crippen LogP contribution in [0.2, 0.25) is 5.02 Å². The van der Waals surface area contributed by atoms with E-state index in [4.69, 9.17) is 11.6 Å². The standard InChI is InChI=1S/C35H56ClN2/c1-4-7-9-11-13-15-17-19-27-38(28-20-18-16-14-12-10-8-5-2)35-24-23-33(31-34(35)36)22-21-32-25-29-37(6-3)30-26-32/h21-26,29-31H,4-20,27-28H2,1-3H3/q+1. The molecule has 0 saturated heterocycles. The Balaban J connectivity index is 1.91. The van der Waals surface area contributed by atoms with E-state index >= 15 is 0 Å². The molecule has 38 heavy (non-hydrogen) atoms. The summed E-state index contributed by atoms with van der Waals surface area (Å²) in [5, 5.41) is 0.878. The minimum atomic E-state index is 0.878. The van der Waals surface area contributed by atoms with Crippen LogP contribution in [0.5, 0.6) is 0 Å². The fourth-order valence-corrected chi connectivity index (χ4v) is 5.40. The molecular formula is C35H56ClN2+. The van der Waals surface area contributed by atoms with Crippen molar-refractivity contribution in [1.29, 1.82) is 0 Å².